The zero-order chi connectivity index (χ0) is 13.4. The SMILES string of the molecule is CCC(CC)C(O)C(O)CCCc1ccccc1. The van der Waals surface area contributed by atoms with Crippen molar-refractivity contribution in [1.29, 1.82) is 0 Å². The maximum absolute atomic E-state index is 10.0. The van der Waals surface area contributed by atoms with E-state index in [1.54, 1.807) is 0 Å². The second-order valence-electron chi connectivity index (χ2n) is 5.01. The van der Waals surface area contributed by atoms with E-state index in [1.165, 1.54) is 5.56 Å². The standard InChI is InChI=1S/C16H26O2/c1-3-14(4-2)16(18)15(17)12-8-11-13-9-6-5-7-10-13/h5-7,9-10,14-18H,3-4,8,11-12H2,1-2H3. The average Bonchev–Trinajstić information content (AvgIpc) is 2.41. The molecule has 0 saturated carbocycles. The molecule has 0 aliphatic rings. The van der Waals surface area contributed by atoms with Crippen molar-refractivity contribution >= 4 is 0 Å². The van der Waals surface area contributed by atoms with Gasteiger partial charge in [-0.3, -0.25) is 0 Å². The van der Waals surface area contributed by atoms with E-state index in [0.717, 1.165) is 25.7 Å². The number of aliphatic hydroxyl groups is 2. The number of hydrogen-bond acceptors (Lipinski definition) is 2. The van der Waals surface area contributed by atoms with Crippen LogP contribution in [0.2, 0.25) is 0 Å². The summed E-state index contributed by atoms with van der Waals surface area (Å²) in [7, 11) is 0. The molecule has 1 aromatic carbocycles. The Morgan fingerprint density at radius 1 is 1.00 bits per heavy atom. The zero-order valence-corrected chi connectivity index (χ0v) is 11.5. The molecule has 0 spiro atoms. The molecule has 0 fully saturated rings. The third kappa shape index (κ3) is 4.79. The minimum Gasteiger partial charge on any atom is -0.390 e. The number of benzene rings is 1. The normalized spacial score (nSPS) is 14.7. The predicted octanol–water partition coefficient (Wildman–Crippen LogP) is 3.17. The van der Waals surface area contributed by atoms with Crippen molar-refractivity contribution in [1.82, 2.24) is 0 Å². The van der Waals surface area contributed by atoms with Gasteiger partial charge < -0.3 is 10.2 Å². The first-order valence-corrected chi connectivity index (χ1v) is 7.09. The van der Waals surface area contributed by atoms with Crippen LogP contribution in [0.15, 0.2) is 30.3 Å². The van der Waals surface area contributed by atoms with Crippen LogP contribution < -0.4 is 0 Å². The number of aryl methyl sites for hydroxylation is 1. The average molecular weight is 250 g/mol. The molecule has 2 nitrogen and oxygen atoms in total. The van der Waals surface area contributed by atoms with Crippen molar-refractivity contribution in [2.75, 3.05) is 0 Å². The van der Waals surface area contributed by atoms with Gasteiger partial charge in [0.1, 0.15) is 0 Å². The van der Waals surface area contributed by atoms with Crippen LogP contribution in [-0.4, -0.2) is 22.4 Å². The Morgan fingerprint density at radius 3 is 2.17 bits per heavy atom. The number of aliphatic hydroxyl groups excluding tert-OH is 2. The molecule has 102 valence electrons. The lowest BCUT2D eigenvalue weighted by Crippen LogP contribution is -2.33. The summed E-state index contributed by atoms with van der Waals surface area (Å²) in [6.07, 6.45) is 3.25. The topological polar surface area (TPSA) is 40.5 Å². The zero-order valence-electron chi connectivity index (χ0n) is 11.5. The monoisotopic (exact) mass is 250 g/mol. The van der Waals surface area contributed by atoms with E-state index >= 15 is 0 Å². The summed E-state index contributed by atoms with van der Waals surface area (Å²) in [6, 6.07) is 10.3. The van der Waals surface area contributed by atoms with Crippen LogP contribution in [0.1, 0.15) is 45.1 Å². The van der Waals surface area contributed by atoms with Crippen LogP contribution in [0.4, 0.5) is 0 Å². The van der Waals surface area contributed by atoms with E-state index in [-0.39, 0.29) is 5.92 Å². The van der Waals surface area contributed by atoms with E-state index in [9.17, 15) is 10.2 Å². The smallest absolute Gasteiger partial charge is 0.0826 e. The predicted molar refractivity (Wildman–Crippen MR) is 75.5 cm³/mol. The molecule has 0 saturated heterocycles. The van der Waals surface area contributed by atoms with Crippen LogP contribution in [-0.2, 0) is 6.42 Å². The first-order chi connectivity index (χ1) is 8.69. The van der Waals surface area contributed by atoms with Crippen LogP contribution in [0.25, 0.3) is 0 Å². The minimum atomic E-state index is -0.585. The summed E-state index contributed by atoms with van der Waals surface area (Å²) in [5, 5.41) is 20.0. The van der Waals surface area contributed by atoms with Crippen molar-refractivity contribution in [2.24, 2.45) is 5.92 Å². The first kappa shape index (κ1) is 15.2. The lowest BCUT2D eigenvalue weighted by Gasteiger charge is -2.25. The Balaban J connectivity index is 2.30. The molecule has 1 aromatic rings. The third-order valence-corrected chi connectivity index (χ3v) is 3.73. The van der Waals surface area contributed by atoms with Crippen molar-refractivity contribution in [3.8, 4) is 0 Å². The number of rotatable bonds is 8. The van der Waals surface area contributed by atoms with Crippen LogP contribution in [0.3, 0.4) is 0 Å². The van der Waals surface area contributed by atoms with Crippen LogP contribution in [0.5, 0.6) is 0 Å². The van der Waals surface area contributed by atoms with Crippen molar-refractivity contribution in [3.05, 3.63) is 35.9 Å². The molecule has 0 aliphatic heterocycles. The Morgan fingerprint density at radius 2 is 1.61 bits per heavy atom. The second-order valence-corrected chi connectivity index (χ2v) is 5.01. The molecule has 2 atom stereocenters. The molecule has 0 bridgehead atoms. The fourth-order valence-corrected chi connectivity index (χ4v) is 2.42. The van der Waals surface area contributed by atoms with Crippen LogP contribution >= 0.6 is 0 Å². The summed E-state index contributed by atoms with van der Waals surface area (Å²) >= 11 is 0. The molecular formula is C16H26O2. The molecule has 2 N–H and O–H groups in total. The second kappa shape index (κ2) is 8.28. The molecule has 2 unspecified atom stereocenters. The van der Waals surface area contributed by atoms with Crippen molar-refractivity contribution in [2.45, 2.75) is 58.2 Å². The fourth-order valence-electron chi connectivity index (χ4n) is 2.42. The van der Waals surface area contributed by atoms with Gasteiger partial charge in [-0.25, -0.2) is 0 Å². The molecule has 1 rings (SSSR count). The Hall–Kier alpha value is -0.860. The molecule has 18 heavy (non-hydrogen) atoms. The van der Waals surface area contributed by atoms with Gasteiger partial charge in [0.05, 0.1) is 12.2 Å². The highest BCUT2D eigenvalue weighted by Crippen LogP contribution is 2.19. The van der Waals surface area contributed by atoms with Gasteiger partial charge in [0.15, 0.2) is 0 Å². The molecule has 0 aliphatic carbocycles. The van der Waals surface area contributed by atoms with Gasteiger partial charge in [-0.05, 0) is 30.7 Å². The van der Waals surface area contributed by atoms with E-state index in [4.69, 9.17) is 0 Å². The van der Waals surface area contributed by atoms with Gasteiger partial charge in [-0.15, -0.1) is 0 Å². The number of hydrogen-bond donors (Lipinski definition) is 2. The summed E-state index contributed by atoms with van der Waals surface area (Å²) in [5.41, 5.74) is 1.29. The molecule has 0 radical (unpaired) electrons. The van der Waals surface area contributed by atoms with Gasteiger partial charge in [-0.1, -0.05) is 57.0 Å². The first-order valence-electron chi connectivity index (χ1n) is 7.09. The Bertz CT molecular complexity index is 306. The fraction of sp³-hybridized carbons (Fsp3) is 0.625. The quantitative estimate of drug-likeness (QED) is 0.744. The van der Waals surface area contributed by atoms with E-state index in [2.05, 4.69) is 26.0 Å². The van der Waals surface area contributed by atoms with Crippen molar-refractivity contribution in [3.63, 3.8) is 0 Å². The van der Waals surface area contributed by atoms with Crippen LogP contribution in [0, 0.1) is 5.92 Å². The van der Waals surface area contributed by atoms with Gasteiger partial charge in [-0.2, -0.15) is 0 Å². The lowest BCUT2D eigenvalue weighted by molar-refractivity contribution is -0.0239. The Labute approximate surface area is 111 Å². The van der Waals surface area contributed by atoms with E-state index in [1.807, 2.05) is 18.2 Å². The third-order valence-electron chi connectivity index (χ3n) is 3.73. The highest BCUT2D eigenvalue weighted by Gasteiger charge is 2.23. The van der Waals surface area contributed by atoms with E-state index in [0.29, 0.717) is 6.42 Å². The molecule has 0 aromatic heterocycles. The largest absolute Gasteiger partial charge is 0.390 e. The van der Waals surface area contributed by atoms with Gasteiger partial charge in [0, 0.05) is 0 Å². The molecule has 2 heteroatoms. The summed E-state index contributed by atoms with van der Waals surface area (Å²) in [4.78, 5) is 0. The van der Waals surface area contributed by atoms with Gasteiger partial charge >= 0.3 is 0 Å². The van der Waals surface area contributed by atoms with E-state index < -0.39 is 12.2 Å². The highest BCUT2D eigenvalue weighted by atomic mass is 16.3. The molecule has 0 amide bonds. The molecule has 0 heterocycles. The molecular weight excluding hydrogens is 224 g/mol. The highest BCUT2D eigenvalue weighted by molar-refractivity contribution is 5.14. The van der Waals surface area contributed by atoms with Gasteiger partial charge in [0.2, 0.25) is 0 Å². The lowest BCUT2D eigenvalue weighted by atomic mass is 9.90. The Kier molecular flexibility index (Phi) is 6.99. The van der Waals surface area contributed by atoms with Crippen molar-refractivity contribution < 1.29 is 10.2 Å². The maximum atomic E-state index is 10.0. The summed E-state index contributed by atoms with van der Waals surface area (Å²) in [6.45, 7) is 4.13. The summed E-state index contributed by atoms with van der Waals surface area (Å²) < 4.78 is 0. The minimum absolute atomic E-state index is 0.219. The van der Waals surface area contributed by atoms with Gasteiger partial charge in [0.25, 0.3) is 0 Å². The summed E-state index contributed by atoms with van der Waals surface area (Å²) in [5.74, 6) is 0.219. The maximum Gasteiger partial charge on any atom is 0.0826 e.